The van der Waals surface area contributed by atoms with Crippen molar-refractivity contribution < 1.29 is 13.2 Å². The van der Waals surface area contributed by atoms with Gasteiger partial charge in [-0.05, 0) is 12.1 Å². The van der Waals surface area contributed by atoms with Crippen LogP contribution in [0.3, 0.4) is 0 Å². The summed E-state index contributed by atoms with van der Waals surface area (Å²) in [7, 11) is 0. The van der Waals surface area contributed by atoms with Gasteiger partial charge >= 0.3 is 6.18 Å². The van der Waals surface area contributed by atoms with Crippen molar-refractivity contribution in [2.45, 2.75) is 6.18 Å². The Hall–Kier alpha value is -1.79. The van der Waals surface area contributed by atoms with E-state index in [0.717, 1.165) is 6.07 Å². The molecule has 2 rings (SSSR count). The number of aromatic nitrogens is 1. The van der Waals surface area contributed by atoms with E-state index in [4.69, 9.17) is 23.2 Å². The van der Waals surface area contributed by atoms with Crippen LogP contribution in [-0.4, -0.2) is 11.2 Å². The highest BCUT2D eigenvalue weighted by Gasteiger charge is 2.31. The molecule has 2 aromatic rings. The summed E-state index contributed by atoms with van der Waals surface area (Å²) < 4.78 is 37.4. The number of hydrogen-bond acceptors (Lipinski definition) is 3. The van der Waals surface area contributed by atoms with Crippen LogP contribution in [0.15, 0.2) is 41.6 Å². The molecule has 110 valence electrons. The van der Waals surface area contributed by atoms with Crippen molar-refractivity contribution in [2.24, 2.45) is 5.10 Å². The van der Waals surface area contributed by atoms with Gasteiger partial charge in [-0.15, -0.1) is 0 Å². The topological polar surface area (TPSA) is 37.3 Å². The number of rotatable bonds is 3. The Morgan fingerprint density at radius 1 is 1.14 bits per heavy atom. The van der Waals surface area contributed by atoms with Crippen molar-refractivity contribution in [3.05, 3.63) is 57.7 Å². The summed E-state index contributed by atoms with van der Waals surface area (Å²) in [6, 6.07) is 7.74. The first kappa shape index (κ1) is 15.6. The van der Waals surface area contributed by atoms with Gasteiger partial charge in [0.2, 0.25) is 0 Å². The van der Waals surface area contributed by atoms with Gasteiger partial charge in [0.1, 0.15) is 0 Å². The number of pyridine rings is 1. The molecule has 0 saturated carbocycles. The molecule has 1 aromatic carbocycles. The molecule has 0 fully saturated rings. The summed E-state index contributed by atoms with van der Waals surface area (Å²) in [5.74, 6) is 0.0213. The molecule has 0 aliphatic carbocycles. The molecular weight excluding hydrogens is 326 g/mol. The van der Waals surface area contributed by atoms with Crippen LogP contribution in [0.5, 0.6) is 0 Å². The SMILES string of the molecule is FC(F)(F)c1cnc(NN=Cc2ccccc2Cl)c(Cl)c1. The number of anilines is 1. The lowest BCUT2D eigenvalue weighted by atomic mass is 10.2. The van der Waals surface area contributed by atoms with E-state index in [-0.39, 0.29) is 10.8 Å². The smallest absolute Gasteiger partial charge is 0.260 e. The minimum absolute atomic E-state index is 0.0213. The normalized spacial score (nSPS) is 11.9. The molecule has 3 nitrogen and oxygen atoms in total. The monoisotopic (exact) mass is 333 g/mol. The summed E-state index contributed by atoms with van der Waals surface area (Å²) in [4.78, 5) is 3.59. The van der Waals surface area contributed by atoms with Crippen LogP contribution in [0.25, 0.3) is 0 Å². The van der Waals surface area contributed by atoms with Crippen LogP contribution in [0.2, 0.25) is 10.0 Å². The molecule has 21 heavy (non-hydrogen) atoms. The van der Waals surface area contributed by atoms with E-state index in [0.29, 0.717) is 16.8 Å². The Balaban J connectivity index is 2.12. The molecule has 1 aromatic heterocycles. The van der Waals surface area contributed by atoms with Crippen LogP contribution >= 0.6 is 23.2 Å². The van der Waals surface area contributed by atoms with Crippen molar-refractivity contribution >= 4 is 35.2 Å². The Morgan fingerprint density at radius 2 is 1.86 bits per heavy atom. The number of alkyl halides is 3. The summed E-state index contributed by atoms with van der Waals surface area (Å²) in [6.07, 6.45) is -2.40. The third kappa shape index (κ3) is 4.09. The lowest BCUT2D eigenvalue weighted by Gasteiger charge is -2.08. The lowest BCUT2D eigenvalue weighted by molar-refractivity contribution is -0.137. The van der Waals surface area contributed by atoms with E-state index < -0.39 is 11.7 Å². The number of benzene rings is 1. The third-order valence-corrected chi connectivity index (χ3v) is 3.08. The first-order valence-corrected chi connectivity index (χ1v) is 6.40. The molecule has 8 heteroatoms. The highest BCUT2D eigenvalue weighted by Crippen LogP contribution is 2.32. The summed E-state index contributed by atoms with van der Waals surface area (Å²) in [5.41, 5.74) is 2.19. The van der Waals surface area contributed by atoms with Gasteiger partial charge in [-0.3, -0.25) is 5.43 Å². The van der Waals surface area contributed by atoms with Crippen LogP contribution < -0.4 is 5.43 Å². The van der Waals surface area contributed by atoms with Gasteiger partial charge in [-0.1, -0.05) is 41.4 Å². The van der Waals surface area contributed by atoms with Gasteiger partial charge < -0.3 is 0 Å². The molecule has 0 saturated heterocycles. The zero-order valence-corrected chi connectivity index (χ0v) is 11.8. The molecule has 0 spiro atoms. The van der Waals surface area contributed by atoms with Crippen LogP contribution in [-0.2, 0) is 6.18 Å². The number of hydrazone groups is 1. The number of hydrogen-bond donors (Lipinski definition) is 1. The van der Waals surface area contributed by atoms with Gasteiger partial charge in [-0.25, -0.2) is 4.98 Å². The fourth-order valence-electron chi connectivity index (χ4n) is 1.42. The molecular formula is C13H8Cl2F3N3. The first-order valence-electron chi connectivity index (χ1n) is 5.64. The Bertz CT molecular complexity index is 672. The van der Waals surface area contributed by atoms with Crippen molar-refractivity contribution in [2.75, 3.05) is 5.43 Å². The molecule has 0 bridgehead atoms. The molecule has 1 N–H and O–H groups in total. The quantitative estimate of drug-likeness (QED) is 0.643. The molecule has 0 unspecified atom stereocenters. The molecule has 0 atom stereocenters. The van der Waals surface area contributed by atoms with Crippen molar-refractivity contribution in [3.63, 3.8) is 0 Å². The van der Waals surface area contributed by atoms with Crippen molar-refractivity contribution in [1.29, 1.82) is 0 Å². The van der Waals surface area contributed by atoms with Crippen LogP contribution in [0.1, 0.15) is 11.1 Å². The number of nitrogens with zero attached hydrogens (tertiary/aromatic N) is 2. The van der Waals surface area contributed by atoms with E-state index in [9.17, 15) is 13.2 Å². The Labute approximate surface area is 128 Å². The maximum atomic E-state index is 12.5. The summed E-state index contributed by atoms with van der Waals surface area (Å²) in [6.45, 7) is 0. The van der Waals surface area contributed by atoms with E-state index >= 15 is 0 Å². The zero-order valence-electron chi connectivity index (χ0n) is 10.3. The van der Waals surface area contributed by atoms with Gasteiger partial charge in [0.25, 0.3) is 0 Å². The standard InChI is InChI=1S/C13H8Cl2F3N3/c14-10-4-2-1-3-8(10)6-20-21-12-11(15)5-9(7-19-12)13(16,17)18/h1-7H,(H,19,21). The third-order valence-electron chi connectivity index (χ3n) is 2.45. The highest BCUT2D eigenvalue weighted by molar-refractivity contribution is 6.33. The second-order valence-electron chi connectivity index (χ2n) is 3.94. The molecule has 1 heterocycles. The van der Waals surface area contributed by atoms with Gasteiger partial charge in [0.15, 0.2) is 5.82 Å². The second-order valence-corrected chi connectivity index (χ2v) is 4.76. The van der Waals surface area contributed by atoms with Crippen LogP contribution in [0.4, 0.5) is 19.0 Å². The van der Waals surface area contributed by atoms with E-state index in [2.05, 4.69) is 15.5 Å². The molecule has 0 aliphatic heterocycles. The predicted molar refractivity (Wildman–Crippen MR) is 76.9 cm³/mol. The highest BCUT2D eigenvalue weighted by atomic mass is 35.5. The summed E-state index contributed by atoms with van der Waals surface area (Å²) >= 11 is 11.6. The number of nitrogens with one attached hydrogen (secondary N) is 1. The molecule has 0 amide bonds. The van der Waals surface area contributed by atoms with Gasteiger partial charge in [0.05, 0.1) is 16.8 Å². The fourth-order valence-corrected chi connectivity index (χ4v) is 1.81. The largest absolute Gasteiger partial charge is 0.417 e. The van der Waals surface area contributed by atoms with Crippen molar-refractivity contribution in [3.8, 4) is 0 Å². The van der Waals surface area contributed by atoms with E-state index in [1.165, 1.54) is 6.21 Å². The fraction of sp³-hybridized carbons (Fsp3) is 0.0769. The Kier molecular flexibility index (Phi) is 4.69. The number of halogens is 5. The minimum Gasteiger partial charge on any atom is -0.260 e. The Morgan fingerprint density at radius 3 is 2.48 bits per heavy atom. The lowest BCUT2D eigenvalue weighted by Crippen LogP contribution is -2.06. The predicted octanol–water partition coefficient (Wildman–Crippen LogP) is 4.85. The van der Waals surface area contributed by atoms with Gasteiger partial charge in [-0.2, -0.15) is 18.3 Å². The van der Waals surface area contributed by atoms with Crippen LogP contribution in [0, 0.1) is 0 Å². The van der Waals surface area contributed by atoms with E-state index in [1.54, 1.807) is 24.3 Å². The second kappa shape index (κ2) is 6.32. The van der Waals surface area contributed by atoms with Gasteiger partial charge in [0, 0.05) is 16.8 Å². The maximum absolute atomic E-state index is 12.5. The van der Waals surface area contributed by atoms with Crippen molar-refractivity contribution in [1.82, 2.24) is 4.98 Å². The molecule has 0 radical (unpaired) electrons. The molecule has 0 aliphatic rings. The van der Waals surface area contributed by atoms with E-state index in [1.807, 2.05) is 0 Å². The average Bonchev–Trinajstić information content (AvgIpc) is 2.41. The first-order chi connectivity index (χ1) is 9.88. The average molecular weight is 334 g/mol. The zero-order chi connectivity index (χ0) is 15.5. The minimum atomic E-state index is -4.49. The summed E-state index contributed by atoms with van der Waals surface area (Å²) in [5, 5.41) is 4.15. The maximum Gasteiger partial charge on any atom is 0.417 e.